The average molecular weight is 383 g/mol. The maximum absolute atomic E-state index is 12.8. The van der Waals surface area contributed by atoms with Crippen molar-refractivity contribution in [3.63, 3.8) is 0 Å². The summed E-state index contributed by atoms with van der Waals surface area (Å²) in [6, 6.07) is 16.4. The molecule has 24 heavy (non-hydrogen) atoms. The Bertz CT molecular complexity index is 801. The summed E-state index contributed by atoms with van der Waals surface area (Å²) in [5.41, 5.74) is 4.52. The fraction of sp³-hybridized carbons (Fsp3) is 0.300. The minimum Gasteiger partial charge on any atom is -0.334 e. The van der Waals surface area contributed by atoms with Crippen molar-refractivity contribution in [2.24, 2.45) is 4.99 Å². The van der Waals surface area contributed by atoms with Crippen LogP contribution in [0.15, 0.2) is 58.0 Å². The second-order valence-corrected chi connectivity index (χ2v) is 7.38. The lowest BCUT2D eigenvalue weighted by molar-refractivity contribution is -0.130. The molecule has 1 fully saturated rings. The van der Waals surface area contributed by atoms with Gasteiger partial charge >= 0.3 is 0 Å². The molecule has 4 heteroatoms. The van der Waals surface area contributed by atoms with Crippen LogP contribution < -0.4 is 0 Å². The van der Waals surface area contributed by atoms with Gasteiger partial charge in [0.1, 0.15) is 0 Å². The van der Waals surface area contributed by atoms with E-state index < -0.39 is 0 Å². The molecular weight excluding hydrogens is 364 g/mol. The molecule has 2 aromatic rings. The zero-order chi connectivity index (χ0) is 16.5. The summed E-state index contributed by atoms with van der Waals surface area (Å²) in [7, 11) is 0. The molecule has 2 aliphatic rings. The standard InChI is InChI=1S/C20H19BrN2O/c21-16-8-9-17-15(12-16)13-18(22-17)19-7-4-10-23(19)20(24)11-14-5-2-1-3-6-14/h1-3,5-6,8-9,12,19H,4,7,10-11,13H2/t19-/m0/s1. The third-order valence-corrected chi connectivity index (χ3v) is 5.33. The second kappa shape index (κ2) is 6.52. The first kappa shape index (κ1) is 15.6. The van der Waals surface area contributed by atoms with Crippen LogP contribution in [0.5, 0.6) is 0 Å². The van der Waals surface area contributed by atoms with Crippen molar-refractivity contribution >= 4 is 33.2 Å². The van der Waals surface area contributed by atoms with Gasteiger partial charge in [-0.25, -0.2) is 0 Å². The van der Waals surface area contributed by atoms with Crippen LogP contribution in [0.4, 0.5) is 5.69 Å². The summed E-state index contributed by atoms with van der Waals surface area (Å²) in [5, 5.41) is 0. The van der Waals surface area contributed by atoms with Crippen molar-refractivity contribution in [1.82, 2.24) is 4.90 Å². The first-order valence-electron chi connectivity index (χ1n) is 8.40. The Morgan fingerprint density at radius 1 is 1.21 bits per heavy atom. The molecule has 0 N–H and O–H groups in total. The predicted octanol–water partition coefficient (Wildman–Crippen LogP) is 4.31. The van der Waals surface area contributed by atoms with E-state index in [1.807, 2.05) is 41.3 Å². The van der Waals surface area contributed by atoms with Crippen LogP contribution in [0.2, 0.25) is 0 Å². The highest BCUT2D eigenvalue weighted by Crippen LogP contribution is 2.33. The number of likely N-dealkylation sites (tertiary alicyclic amines) is 1. The fourth-order valence-corrected chi connectivity index (χ4v) is 4.08. The second-order valence-electron chi connectivity index (χ2n) is 6.46. The van der Waals surface area contributed by atoms with Gasteiger partial charge in [0.25, 0.3) is 0 Å². The number of carbonyl (C=O) groups excluding carboxylic acids is 1. The van der Waals surface area contributed by atoms with Gasteiger partial charge < -0.3 is 4.90 Å². The van der Waals surface area contributed by atoms with E-state index in [0.717, 1.165) is 47.2 Å². The summed E-state index contributed by atoms with van der Waals surface area (Å²) in [6.07, 6.45) is 3.41. The van der Waals surface area contributed by atoms with Crippen LogP contribution in [-0.4, -0.2) is 29.1 Å². The van der Waals surface area contributed by atoms with Gasteiger partial charge in [0.15, 0.2) is 0 Å². The molecule has 0 saturated carbocycles. The smallest absolute Gasteiger partial charge is 0.227 e. The van der Waals surface area contributed by atoms with Crippen LogP contribution in [0, 0.1) is 0 Å². The molecule has 0 aromatic heterocycles. The number of halogens is 1. The summed E-state index contributed by atoms with van der Waals surface area (Å²) in [5.74, 6) is 0.212. The fourth-order valence-electron chi connectivity index (χ4n) is 3.67. The van der Waals surface area contributed by atoms with E-state index in [1.165, 1.54) is 5.56 Å². The lowest BCUT2D eigenvalue weighted by Crippen LogP contribution is -2.41. The molecule has 3 nitrogen and oxygen atoms in total. The Morgan fingerprint density at radius 3 is 2.88 bits per heavy atom. The number of benzene rings is 2. The number of fused-ring (bicyclic) bond motifs is 1. The van der Waals surface area contributed by atoms with E-state index in [1.54, 1.807) is 0 Å². The van der Waals surface area contributed by atoms with Crippen molar-refractivity contribution in [3.8, 4) is 0 Å². The normalized spacial score (nSPS) is 19.3. The van der Waals surface area contributed by atoms with Crippen LogP contribution in [-0.2, 0) is 17.6 Å². The van der Waals surface area contributed by atoms with Gasteiger partial charge in [-0.3, -0.25) is 9.79 Å². The molecule has 1 atom stereocenters. The van der Waals surface area contributed by atoms with Crippen molar-refractivity contribution in [3.05, 3.63) is 64.1 Å². The van der Waals surface area contributed by atoms with Crippen LogP contribution in [0.25, 0.3) is 0 Å². The summed E-state index contributed by atoms with van der Waals surface area (Å²) >= 11 is 3.53. The zero-order valence-electron chi connectivity index (χ0n) is 13.4. The third-order valence-electron chi connectivity index (χ3n) is 4.83. The lowest BCUT2D eigenvalue weighted by Gasteiger charge is -2.25. The minimum atomic E-state index is 0.160. The first-order valence-corrected chi connectivity index (χ1v) is 9.19. The number of nitrogens with zero attached hydrogens (tertiary/aromatic N) is 2. The monoisotopic (exact) mass is 382 g/mol. The minimum absolute atomic E-state index is 0.160. The van der Waals surface area contributed by atoms with Crippen molar-refractivity contribution in [2.45, 2.75) is 31.7 Å². The number of aliphatic imine (C=N–C) groups is 1. The highest BCUT2D eigenvalue weighted by Gasteiger charge is 2.34. The van der Waals surface area contributed by atoms with E-state index >= 15 is 0 Å². The molecule has 0 aliphatic carbocycles. The Labute approximate surface area is 150 Å². The van der Waals surface area contributed by atoms with Crippen LogP contribution in [0.1, 0.15) is 24.0 Å². The SMILES string of the molecule is O=C(Cc1ccccc1)N1CCC[C@H]1C1=Nc2ccc(Br)cc2C1. The molecule has 0 unspecified atom stereocenters. The highest BCUT2D eigenvalue weighted by molar-refractivity contribution is 9.10. The van der Waals surface area contributed by atoms with Crippen molar-refractivity contribution in [2.75, 3.05) is 6.54 Å². The van der Waals surface area contributed by atoms with E-state index in [2.05, 4.69) is 28.1 Å². The molecule has 0 radical (unpaired) electrons. The van der Waals surface area contributed by atoms with Crippen LogP contribution >= 0.6 is 15.9 Å². The maximum Gasteiger partial charge on any atom is 0.227 e. The Kier molecular flexibility index (Phi) is 4.23. The molecule has 2 aromatic carbocycles. The summed E-state index contributed by atoms with van der Waals surface area (Å²) < 4.78 is 1.08. The number of hydrogen-bond acceptors (Lipinski definition) is 2. The van der Waals surface area contributed by atoms with Gasteiger partial charge in [-0.15, -0.1) is 0 Å². The zero-order valence-corrected chi connectivity index (χ0v) is 15.0. The molecule has 1 amide bonds. The van der Waals surface area contributed by atoms with Crippen molar-refractivity contribution < 1.29 is 4.79 Å². The van der Waals surface area contributed by atoms with E-state index in [9.17, 15) is 4.79 Å². The average Bonchev–Trinajstić information content (AvgIpc) is 3.21. The highest BCUT2D eigenvalue weighted by atomic mass is 79.9. The van der Waals surface area contributed by atoms with E-state index in [0.29, 0.717) is 6.42 Å². The summed E-state index contributed by atoms with van der Waals surface area (Å²) in [6.45, 7) is 0.843. The van der Waals surface area contributed by atoms with Gasteiger partial charge in [0.05, 0.1) is 18.2 Å². The largest absolute Gasteiger partial charge is 0.334 e. The van der Waals surface area contributed by atoms with Gasteiger partial charge in [-0.1, -0.05) is 46.3 Å². The Morgan fingerprint density at radius 2 is 2.04 bits per heavy atom. The quantitative estimate of drug-likeness (QED) is 0.778. The van der Waals surface area contributed by atoms with E-state index in [4.69, 9.17) is 4.99 Å². The molecule has 122 valence electrons. The van der Waals surface area contributed by atoms with Gasteiger partial charge in [0.2, 0.25) is 5.91 Å². The number of rotatable bonds is 3. The molecular formula is C20H19BrN2O. The molecule has 2 heterocycles. The molecule has 1 saturated heterocycles. The summed E-state index contributed by atoms with van der Waals surface area (Å²) in [4.78, 5) is 19.6. The van der Waals surface area contributed by atoms with Gasteiger partial charge in [-0.2, -0.15) is 0 Å². The Balaban J connectivity index is 1.51. The maximum atomic E-state index is 12.8. The predicted molar refractivity (Wildman–Crippen MR) is 99.8 cm³/mol. The molecule has 2 aliphatic heterocycles. The number of amides is 1. The molecule has 0 spiro atoms. The van der Waals surface area contributed by atoms with E-state index in [-0.39, 0.29) is 11.9 Å². The molecule has 4 rings (SSSR count). The molecule has 0 bridgehead atoms. The third kappa shape index (κ3) is 3.03. The van der Waals surface area contributed by atoms with Crippen molar-refractivity contribution in [1.29, 1.82) is 0 Å². The first-order chi connectivity index (χ1) is 11.7. The Hall–Kier alpha value is -1.94. The lowest BCUT2D eigenvalue weighted by atomic mass is 10.0. The number of carbonyl (C=O) groups is 1. The topological polar surface area (TPSA) is 32.7 Å². The van der Waals surface area contributed by atoms with Gasteiger partial charge in [0, 0.05) is 23.1 Å². The van der Waals surface area contributed by atoms with Crippen LogP contribution in [0.3, 0.4) is 0 Å². The van der Waals surface area contributed by atoms with Gasteiger partial charge in [-0.05, 0) is 42.2 Å². The number of hydrogen-bond donors (Lipinski definition) is 0.